The molecular weight excluding hydrogens is 244 g/mol. The van der Waals surface area contributed by atoms with E-state index in [1.807, 2.05) is 10.9 Å². The first kappa shape index (κ1) is 13.0. The third-order valence-electron chi connectivity index (χ3n) is 2.83. The van der Waals surface area contributed by atoms with Crippen molar-refractivity contribution in [1.29, 1.82) is 0 Å². The SMILES string of the molecule is CCCc1c(-c2cnn(CCC)c2)[nH]cnc1=S. The number of rotatable bonds is 5. The molecule has 0 saturated heterocycles. The van der Waals surface area contributed by atoms with Crippen LogP contribution in [0, 0.1) is 4.64 Å². The molecule has 0 atom stereocenters. The third-order valence-corrected chi connectivity index (χ3v) is 3.18. The zero-order valence-corrected chi connectivity index (χ0v) is 11.6. The molecular formula is C13H18N4S. The lowest BCUT2D eigenvalue weighted by molar-refractivity contribution is 0.603. The van der Waals surface area contributed by atoms with Crippen LogP contribution in [0.2, 0.25) is 0 Å². The minimum Gasteiger partial charge on any atom is -0.345 e. The quantitative estimate of drug-likeness (QED) is 0.840. The summed E-state index contributed by atoms with van der Waals surface area (Å²) in [6.07, 6.45) is 8.68. The van der Waals surface area contributed by atoms with E-state index >= 15 is 0 Å². The summed E-state index contributed by atoms with van der Waals surface area (Å²) in [5, 5.41) is 4.36. The van der Waals surface area contributed by atoms with Gasteiger partial charge in [-0.05, 0) is 12.8 Å². The fourth-order valence-electron chi connectivity index (χ4n) is 2.01. The molecule has 2 aromatic heterocycles. The van der Waals surface area contributed by atoms with E-state index in [1.165, 1.54) is 0 Å². The van der Waals surface area contributed by atoms with Gasteiger partial charge in [-0.2, -0.15) is 5.10 Å². The molecule has 0 radical (unpaired) electrons. The highest BCUT2D eigenvalue weighted by Gasteiger charge is 2.09. The van der Waals surface area contributed by atoms with Crippen LogP contribution in [0.1, 0.15) is 32.3 Å². The number of aromatic amines is 1. The zero-order chi connectivity index (χ0) is 13.0. The summed E-state index contributed by atoms with van der Waals surface area (Å²) in [5.74, 6) is 0. The van der Waals surface area contributed by atoms with E-state index in [0.717, 1.165) is 42.6 Å². The fourth-order valence-corrected chi connectivity index (χ4v) is 2.27. The van der Waals surface area contributed by atoms with Crippen molar-refractivity contribution in [3.05, 3.63) is 28.9 Å². The van der Waals surface area contributed by atoms with Gasteiger partial charge in [0.15, 0.2) is 0 Å². The van der Waals surface area contributed by atoms with Crippen molar-refractivity contribution in [1.82, 2.24) is 19.7 Å². The third kappa shape index (κ3) is 2.67. The second kappa shape index (κ2) is 5.91. The van der Waals surface area contributed by atoms with Crippen molar-refractivity contribution in [3.8, 4) is 11.3 Å². The largest absolute Gasteiger partial charge is 0.345 e. The number of aromatic nitrogens is 4. The van der Waals surface area contributed by atoms with Gasteiger partial charge >= 0.3 is 0 Å². The predicted molar refractivity (Wildman–Crippen MR) is 74.9 cm³/mol. The minimum absolute atomic E-state index is 0.689. The molecule has 96 valence electrons. The summed E-state index contributed by atoms with van der Waals surface area (Å²) in [6, 6.07) is 0. The van der Waals surface area contributed by atoms with Gasteiger partial charge < -0.3 is 4.98 Å². The molecule has 18 heavy (non-hydrogen) atoms. The molecule has 2 heterocycles. The standard InChI is InChI=1S/C13H18N4S/c1-3-5-11-12(14-9-15-13(11)18)10-7-16-17(8-10)6-4-2/h7-9H,3-6H2,1-2H3,(H,14,15,18). The molecule has 1 N–H and O–H groups in total. The maximum absolute atomic E-state index is 5.30. The molecule has 2 aromatic rings. The molecule has 0 unspecified atom stereocenters. The number of hydrogen-bond acceptors (Lipinski definition) is 3. The van der Waals surface area contributed by atoms with Crippen LogP contribution in [0.15, 0.2) is 18.7 Å². The van der Waals surface area contributed by atoms with E-state index in [0.29, 0.717) is 4.64 Å². The van der Waals surface area contributed by atoms with E-state index < -0.39 is 0 Å². The van der Waals surface area contributed by atoms with Crippen LogP contribution in [-0.4, -0.2) is 19.7 Å². The smallest absolute Gasteiger partial charge is 0.133 e. The molecule has 0 fully saturated rings. The number of nitrogens with zero attached hydrogens (tertiary/aromatic N) is 3. The van der Waals surface area contributed by atoms with Crippen molar-refractivity contribution in [3.63, 3.8) is 0 Å². The summed E-state index contributed by atoms with van der Waals surface area (Å²) in [7, 11) is 0. The Morgan fingerprint density at radius 3 is 2.89 bits per heavy atom. The lowest BCUT2D eigenvalue weighted by Gasteiger charge is -2.06. The van der Waals surface area contributed by atoms with E-state index in [4.69, 9.17) is 12.2 Å². The highest BCUT2D eigenvalue weighted by atomic mass is 32.1. The number of nitrogens with one attached hydrogen (secondary N) is 1. The van der Waals surface area contributed by atoms with Gasteiger partial charge in [0.05, 0.1) is 18.2 Å². The van der Waals surface area contributed by atoms with Gasteiger partial charge in [-0.3, -0.25) is 4.68 Å². The second-order valence-electron chi connectivity index (χ2n) is 4.30. The summed E-state index contributed by atoms with van der Waals surface area (Å²) < 4.78 is 2.65. The van der Waals surface area contributed by atoms with Crippen molar-refractivity contribution in [2.75, 3.05) is 0 Å². The van der Waals surface area contributed by atoms with Gasteiger partial charge in [0.2, 0.25) is 0 Å². The van der Waals surface area contributed by atoms with E-state index in [1.54, 1.807) is 6.33 Å². The Morgan fingerprint density at radius 1 is 1.33 bits per heavy atom. The van der Waals surface area contributed by atoms with E-state index in [-0.39, 0.29) is 0 Å². The average Bonchev–Trinajstić information content (AvgIpc) is 2.81. The minimum atomic E-state index is 0.689. The van der Waals surface area contributed by atoms with Gasteiger partial charge in [0.25, 0.3) is 0 Å². The van der Waals surface area contributed by atoms with Gasteiger partial charge in [-0.25, -0.2) is 4.98 Å². The predicted octanol–water partition coefficient (Wildman–Crippen LogP) is 3.37. The van der Waals surface area contributed by atoms with Crippen LogP contribution in [0.4, 0.5) is 0 Å². The van der Waals surface area contributed by atoms with Crippen LogP contribution in [0.3, 0.4) is 0 Å². The maximum Gasteiger partial charge on any atom is 0.133 e. The summed E-state index contributed by atoms with van der Waals surface area (Å²) in [4.78, 5) is 7.36. The van der Waals surface area contributed by atoms with Gasteiger partial charge in [-0.1, -0.05) is 32.5 Å². The van der Waals surface area contributed by atoms with E-state index in [9.17, 15) is 0 Å². The number of hydrogen-bond donors (Lipinski definition) is 1. The summed E-state index contributed by atoms with van der Waals surface area (Å²) in [6.45, 7) is 5.23. The fraction of sp³-hybridized carbons (Fsp3) is 0.462. The van der Waals surface area contributed by atoms with Gasteiger partial charge in [0.1, 0.15) is 4.64 Å². The number of aryl methyl sites for hydroxylation is 1. The average molecular weight is 262 g/mol. The molecule has 2 rings (SSSR count). The Kier molecular flexibility index (Phi) is 4.25. The van der Waals surface area contributed by atoms with Crippen LogP contribution in [0.25, 0.3) is 11.3 Å². The Morgan fingerprint density at radius 2 is 2.17 bits per heavy atom. The summed E-state index contributed by atoms with van der Waals surface area (Å²) >= 11 is 5.30. The monoisotopic (exact) mass is 262 g/mol. The Labute approximate surface area is 112 Å². The Bertz CT molecular complexity index is 570. The van der Waals surface area contributed by atoms with Crippen molar-refractivity contribution in [2.24, 2.45) is 0 Å². The lowest BCUT2D eigenvalue weighted by atomic mass is 10.1. The molecule has 0 aliphatic rings. The topological polar surface area (TPSA) is 46.5 Å². The first-order valence-electron chi connectivity index (χ1n) is 6.35. The van der Waals surface area contributed by atoms with Crippen molar-refractivity contribution < 1.29 is 0 Å². The highest BCUT2D eigenvalue weighted by molar-refractivity contribution is 7.71. The molecule has 0 amide bonds. The Hall–Kier alpha value is -1.49. The number of H-pyrrole nitrogens is 1. The molecule has 0 aromatic carbocycles. The van der Waals surface area contributed by atoms with Crippen LogP contribution < -0.4 is 0 Å². The van der Waals surface area contributed by atoms with Gasteiger partial charge in [-0.15, -0.1) is 0 Å². The highest BCUT2D eigenvalue weighted by Crippen LogP contribution is 2.22. The Balaban J connectivity index is 2.42. The van der Waals surface area contributed by atoms with Crippen molar-refractivity contribution in [2.45, 2.75) is 39.7 Å². The molecule has 0 saturated carbocycles. The molecule has 5 heteroatoms. The molecule has 4 nitrogen and oxygen atoms in total. The van der Waals surface area contributed by atoms with Crippen molar-refractivity contribution >= 4 is 12.2 Å². The van der Waals surface area contributed by atoms with Crippen LogP contribution >= 0.6 is 12.2 Å². The van der Waals surface area contributed by atoms with Crippen LogP contribution in [-0.2, 0) is 13.0 Å². The zero-order valence-electron chi connectivity index (χ0n) is 10.8. The first-order chi connectivity index (χ1) is 8.76. The normalized spacial score (nSPS) is 10.8. The van der Waals surface area contributed by atoms with Crippen LogP contribution in [0.5, 0.6) is 0 Å². The van der Waals surface area contributed by atoms with E-state index in [2.05, 4.69) is 35.1 Å². The first-order valence-corrected chi connectivity index (χ1v) is 6.76. The second-order valence-corrected chi connectivity index (χ2v) is 4.69. The van der Waals surface area contributed by atoms with Gasteiger partial charge in [0, 0.05) is 23.9 Å². The lowest BCUT2D eigenvalue weighted by Crippen LogP contribution is -1.97. The molecule has 0 bridgehead atoms. The maximum atomic E-state index is 5.30. The molecule has 0 spiro atoms. The summed E-state index contributed by atoms with van der Waals surface area (Å²) in [5.41, 5.74) is 3.26. The molecule has 0 aliphatic heterocycles. The molecule has 0 aliphatic carbocycles.